The monoisotopic (exact) mass is 510 g/mol. The number of aliphatic hydroxyl groups is 2. The zero-order chi connectivity index (χ0) is 26.1. The molecule has 2 unspecified atom stereocenters. The van der Waals surface area contributed by atoms with Crippen LogP contribution in [0.15, 0.2) is 79.1 Å². The van der Waals surface area contributed by atoms with Crippen molar-refractivity contribution in [1.82, 2.24) is 19.4 Å². The predicted molar refractivity (Wildman–Crippen MR) is 146 cm³/mol. The lowest BCUT2D eigenvalue weighted by atomic mass is 10.0. The molecule has 1 aliphatic rings. The highest BCUT2D eigenvalue weighted by Crippen LogP contribution is 2.30. The molecule has 0 radical (unpaired) electrons. The molecule has 194 valence electrons. The average Bonchev–Trinajstić information content (AvgIpc) is 3.50. The highest BCUT2D eigenvalue weighted by atomic mass is 16.5. The molecule has 1 aliphatic heterocycles. The number of hydrogen-bond acceptors (Lipinski definition) is 7. The van der Waals surface area contributed by atoms with Crippen LogP contribution in [0.3, 0.4) is 0 Å². The minimum absolute atomic E-state index is 0.489. The van der Waals surface area contributed by atoms with Crippen LogP contribution in [0.2, 0.25) is 0 Å². The topological polar surface area (TPSA) is 92.9 Å². The molecule has 6 rings (SSSR count). The van der Waals surface area contributed by atoms with Crippen LogP contribution in [0.4, 0.5) is 0 Å². The van der Waals surface area contributed by atoms with E-state index < -0.39 is 12.2 Å². The maximum absolute atomic E-state index is 9.83. The van der Waals surface area contributed by atoms with Crippen molar-refractivity contribution < 1.29 is 19.7 Å². The number of aromatic nitrogens is 3. The number of imidazole rings is 1. The van der Waals surface area contributed by atoms with Crippen molar-refractivity contribution in [2.24, 2.45) is 0 Å². The number of hydrogen-bond donors (Lipinski definition) is 2. The summed E-state index contributed by atoms with van der Waals surface area (Å²) in [5, 5.41) is 20.7. The second kappa shape index (κ2) is 10.5. The largest absolute Gasteiger partial charge is 0.491 e. The first-order valence-electron chi connectivity index (χ1n) is 12.8. The normalized spacial score (nSPS) is 18.0. The Balaban J connectivity index is 1.28. The van der Waals surface area contributed by atoms with Crippen molar-refractivity contribution in [3.05, 3.63) is 84.7 Å². The van der Waals surface area contributed by atoms with Gasteiger partial charge in [0.15, 0.2) is 0 Å². The first-order chi connectivity index (χ1) is 18.6. The first kappa shape index (κ1) is 24.5. The number of fused-ring (bicyclic) bond motifs is 2. The van der Waals surface area contributed by atoms with E-state index in [-0.39, 0.29) is 0 Å². The summed E-state index contributed by atoms with van der Waals surface area (Å²) in [4.78, 5) is 11.7. The minimum Gasteiger partial charge on any atom is -0.491 e. The average molecular weight is 511 g/mol. The van der Waals surface area contributed by atoms with Gasteiger partial charge in [0.1, 0.15) is 24.5 Å². The molecule has 0 saturated carbocycles. The van der Waals surface area contributed by atoms with Crippen molar-refractivity contribution >= 4 is 21.9 Å². The fourth-order valence-corrected chi connectivity index (χ4v) is 5.04. The third-order valence-electron chi connectivity index (χ3n) is 7.03. The third-order valence-corrected chi connectivity index (χ3v) is 7.03. The maximum Gasteiger partial charge on any atom is 0.139 e. The minimum atomic E-state index is -0.672. The molecular formula is C30H30N4O4. The molecule has 1 saturated heterocycles. The first-order valence-corrected chi connectivity index (χ1v) is 12.8. The molecule has 38 heavy (non-hydrogen) atoms. The Morgan fingerprint density at radius 1 is 0.921 bits per heavy atom. The summed E-state index contributed by atoms with van der Waals surface area (Å²) in [5.74, 6) is 1.55. The Morgan fingerprint density at radius 3 is 2.53 bits per heavy atom. The standard InChI is InChI=1S/C30H30N4O4/c1-37-13-14-38-23-10-11-26-25(15-23)31-19-34(26)29-12-9-22-3-2-4-24(30(22)32-29)21-7-5-20(6-8-21)16-33-17-27(35)28(36)18-33/h2-12,15,19,27-28,35-36H,13-14,16-18H2,1H3. The summed E-state index contributed by atoms with van der Waals surface area (Å²) in [6.07, 6.45) is 0.449. The Hall–Kier alpha value is -3.82. The number of benzene rings is 3. The van der Waals surface area contributed by atoms with E-state index in [9.17, 15) is 10.2 Å². The number of nitrogens with zero attached hydrogens (tertiary/aromatic N) is 4. The molecule has 0 spiro atoms. The lowest BCUT2D eigenvalue weighted by Crippen LogP contribution is -2.22. The maximum atomic E-state index is 9.83. The van der Waals surface area contributed by atoms with Crippen molar-refractivity contribution in [2.45, 2.75) is 18.8 Å². The number of likely N-dealkylation sites (tertiary alicyclic amines) is 1. The van der Waals surface area contributed by atoms with E-state index in [2.05, 4.69) is 58.4 Å². The molecular weight excluding hydrogens is 480 g/mol. The van der Waals surface area contributed by atoms with Gasteiger partial charge in [-0.25, -0.2) is 9.97 Å². The summed E-state index contributed by atoms with van der Waals surface area (Å²) in [7, 11) is 1.65. The Bertz CT molecular complexity index is 1560. The van der Waals surface area contributed by atoms with Crippen molar-refractivity contribution in [1.29, 1.82) is 0 Å². The van der Waals surface area contributed by atoms with Crippen LogP contribution in [0.1, 0.15) is 5.56 Å². The van der Waals surface area contributed by atoms with Gasteiger partial charge in [-0.3, -0.25) is 9.47 Å². The van der Waals surface area contributed by atoms with Gasteiger partial charge in [0, 0.05) is 43.8 Å². The number of β-amino-alcohol motifs (C(OH)–C–C–N with tert-alkyl or cyclic N) is 2. The van der Waals surface area contributed by atoms with E-state index in [4.69, 9.17) is 14.5 Å². The van der Waals surface area contributed by atoms with Crippen LogP contribution in [0, 0.1) is 0 Å². The van der Waals surface area contributed by atoms with Gasteiger partial charge in [-0.05, 0) is 35.4 Å². The fraction of sp³-hybridized carbons (Fsp3) is 0.267. The molecule has 0 aliphatic carbocycles. The number of aliphatic hydroxyl groups excluding tert-OH is 2. The molecule has 2 N–H and O–H groups in total. The summed E-state index contributed by atoms with van der Waals surface area (Å²) in [6.45, 7) is 2.70. The highest BCUT2D eigenvalue weighted by molar-refractivity contribution is 5.94. The Morgan fingerprint density at radius 2 is 1.74 bits per heavy atom. The molecule has 2 aromatic heterocycles. The highest BCUT2D eigenvalue weighted by Gasteiger charge is 2.29. The van der Waals surface area contributed by atoms with Crippen molar-refractivity contribution in [3.8, 4) is 22.7 Å². The smallest absolute Gasteiger partial charge is 0.139 e. The molecule has 3 heterocycles. The van der Waals surface area contributed by atoms with E-state index in [1.165, 1.54) is 0 Å². The van der Waals surface area contributed by atoms with E-state index >= 15 is 0 Å². The van der Waals surface area contributed by atoms with Crippen LogP contribution >= 0.6 is 0 Å². The second-order valence-electron chi connectivity index (χ2n) is 9.68. The van der Waals surface area contributed by atoms with E-state index in [1.807, 2.05) is 28.8 Å². The lowest BCUT2D eigenvalue weighted by Gasteiger charge is -2.15. The van der Waals surface area contributed by atoms with Crippen LogP contribution in [-0.4, -0.2) is 75.3 Å². The predicted octanol–water partition coefficient (Wildman–Crippen LogP) is 3.80. The van der Waals surface area contributed by atoms with E-state index in [0.29, 0.717) is 32.8 Å². The third kappa shape index (κ3) is 4.87. The zero-order valence-corrected chi connectivity index (χ0v) is 21.2. The van der Waals surface area contributed by atoms with Crippen LogP contribution in [0.5, 0.6) is 5.75 Å². The van der Waals surface area contributed by atoms with Gasteiger partial charge < -0.3 is 19.7 Å². The number of methoxy groups -OCH3 is 1. The molecule has 3 aromatic carbocycles. The van der Waals surface area contributed by atoms with Crippen LogP contribution in [-0.2, 0) is 11.3 Å². The lowest BCUT2D eigenvalue weighted by molar-refractivity contribution is 0.0572. The van der Waals surface area contributed by atoms with Gasteiger partial charge >= 0.3 is 0 Å². The molecule has 2 atom stereocenters. The summed E-state index contributed by atoms with van der Waals surface area (Å²) in [5.41, 5.74) is 5.99. The number of pyridine rings is 1. The van der Waals surface area contributed by atoms with Gasteiger partial charge in [-0.2, -0.15) is 0 Å². The van der Waals surface area contributed by atoms with Gasteiger partial charge in [0.05, 0.1) is 35.4 Å². The SMILES string of the molecule is COCCOc1ccc2c(c1)ncn2-c1ccc2cccc(-c3ccc(CN4CC(O)C(O)C4)cc3)c2n1. The second-order valence-corrected chi connectivity index (χ2v) is 9.68. The fourth-order valence-electron chi connectivity index (χ4n) is 5.04. The summed E-state index contributed by atoms with van der Waals surface area (Å²) in [6, 6.07) is 24.6. The molecule has 8 nitrogen and oxygen atoms in total. The van der Waals surface area contributed by atoms with Crippen molar-refractivity contribution in [3.63, 3.8) is 0 Å². The number of rotatable bonds is 8. The van der Waals surface area contributed by atoms with Gasteiger partial charge in [-0.15, -0.1) is 0 Å². The molecule has 0 bridgehead atoms. The zero-order valence-electron chi connectivity index (χ0n) is 21.2. The summed E-state index contributed by atoms with van der Waals surface area (Å²) >= 11 is 0. The Labute approximate surface area is 220 Å². The van der Waals surface area contributed by atoms with Crippen LogP contribution < -0.4 is 4.74 Å². The summed E-state index contributed by atoms with van der Waals surface area (Å²) < 4.78 is 12.8. The van der Waals surface area contributed by atoms with Gasteiger partial charge in [0.2, 0.25) is 0 Å². The molecule has 8 heteroatoms. The van der Waals surface area contributed by atoms with Gasteiger partial charge in [-0.1, -0.05) is 42.5 Å². The van der Waals surface area contributed by atoms with Crippen molar-refractivity contribution in [2.75, 3.05) is 33.4 Å². The van der Waals surface area contributed by atoms with Crippen LogP contribution in [0.25, 0.3) is 38.9 Å². The van der Waals surface area contributed by atoms with Gasteiger partial charge in [0.25, 0.3) is 0 Å². The number of ether oxygens (including phenoxy) is 2. The quantitative estimate of drug-likeness (QED) is 0.307. The molecule has 0 amide bonds. The van der Waals surface area contributed by atoms with E-state index in [1.54, 1.807) is 13.4 Å². The molecule has 5 aromatic rings. The number of para-hydroxylation sites is 1. The Kier molecular flexibility index (Phi) is 6.78. The van der Waals surface area contributed by atoms with E-state index in [0.717, 1.165) is 50.2 Å². The molecule has 1 fully saturated rings.